The van der Waals surface area contributed by atoms with Crippen molar-refractivity contribution in [3.63, 3.8) is 0 Å². The zero-order chi connectivity index (χ0) is 13.9. The zero-order valence-electron chi connectivity index (χ0n) is 12.1. The molecule has 108 valence electrons. The lowest BCUT2D eigenvalue weighted by atomic mass is 10.2. The van der Waals surface area contributed by atoms with Gasteiger partial charge in [0.05, 0.1) is 11.9 Å². The van der Waals surface area contributed by atoms with E-state index >= 15 is 0 Å². The van der Waals surface area contributed by atoms with E-state index in [1.165, 1.54) is 0 Å². The van der Waals surface area contributed by atoms with E-state index in [2.05, 4.69) is 21.8 Å². The fourth-order valence-corrected chi connectivity index (χ4v) is 2.85. The van der Waals surface area contributed by atoms with Crippen LogP contribution in [0.3, 0.4) is 0 Å². The molecule has 0 bridgehead atoms. The highest BCUT2D eigenvalue weighted by Crippen LogP contribution is 2.17. The highest BCUT2D eigenvalue weighted by atomic mass is 16.2. The molecular weight excluding hydrogens is 252 g/mol. The molecule has 5 heteroatoms. The molecule has 2 saturated heterocycles. The Bertz CT molecular complexity index is 459. The second kappa shape index (κ2) is 5.79. The van der Waals surface area contributed by atoms with Gasteiger partial charge in [0.15, 0.2) is 0 Å². The van der Waals surface area contributed by atoms with Gasteiger partial charge in [-0.2, -0.15) is 0 Å². The Hall–Kier alpha value is -1.62. The van der Waals surface area contributed by atoms with Gasteiger partial charge in [0.1, 0.15) is 5.69 Å². The highest BCUT2D eigenvalue weighted by molar-refractivity contribution is 5.92. The molecule has 0 saturated carbocycles. The monoisotopic (exact) mass is 274 g/mol. The molecule has 0 spiro atoms. The van der Waals surface area contributed by atoms with Crippen molar-refractivity contribution in [3.05, 3.63) is 24.0 Å². The molecule has 5 nitrogen and oxygen atoms in total. The number of amides is 1. The van der Waals surface area contributed by atoms with Crippen LogP contribution in [0.5, 0.6) is 0 Å². The van der Waals surface area contributed by atoms with Gasteiger partial charge in [-0.3, -0.25) is 4.79 Å². The third kappa shape index (κ3) is 2.77. The molecule has 0 aliphatic carbocycles. The molecule has 2 fully saturated rings. The number of hydrogen-bond donors (Lipinski definition) is 0. The SMILES string of the molecule is CN1CCN(c2ccc(C(=O)N3CCCC3)nc2)CC1. The first-order chi connectivity index (χ1) is 9.74. The summed E-state index contributed by atoms with van der Waals surface area (Å²) in [5.41, 5.74) is 1.70. The Morgan fingerprint density at radius 3 is 2.35 bits per heavy atom. The minimum absolute atomic E-state index is 0.0763. The number of likely N-dealkylation sites (tertiary alicyclic amines) is 1. The van der Waals surface area contributed by atoms with Crippen LogP contribution in [0, 0.1) is 0 Å². The Balaban J connectivity index is 1.66. The second-order valence-corrected chi connectivity index (χ2v) is 5.69. The number of pyridine rings is 1. The van der Waals surface area contributed by atoms with Gasteiger partial charge in [0.25, 0.3) is 5.91 Å². The van der Waals surface area contributed by atoms with Crippen molar-refractivity contribution < 1.29 is 4.79 Å². The quantitative estimate of drug-likeness (QED) is 0.809. The summed E-state index contributed by atoms with van der Waals surface area (Å²) >= 11 is 0. The highest BCUT2D eigenvalue weighted by Gasteiger charge is 2.21. The van der Waals surface area contributed by atoms with Crippen molar-refractivity contribution in [2.24, 2.45) is 0 Å². The lowest BCUT2D eigenvalue weighted by Gasteiger charge is -2.33. The lowest BCUT2D eigenvalue weighted by molar-refractivity contribution is 0.0787. The van der Waals surface area contributed by atoms with E-state index < -0.39 is 0 Å². The van der Waals surface area contributed by atoms with Gasteiger partial charge >= 0.3 is 0 Å². The van der Waals surface area contributed by atoms with Gasteiger partial charge in [-0.15, -0.1) is 0 Å². The Labute approximate surface area is 120 Å². The summed E-state index contributed by atoms with van der Waals surface area (Å²) in [5, 5.41) is 0. The maximum absolute atomic E-state index is 12.2. The van der Waals surface area contributed by atoms with E-state index in [1.807, 2.05) is 23.2 Å². The van der Waals surface area contributed by atoms with Crippen molar-refractivity contribution in [1.82, 2.24) is 14.8 Å². The fourth-order valence-electron chi connectivity index (χ4n) is 2.85. The van der Waals surface area contributed by atoms with Crippen molar-refractivity contribution in [1.29, 1.82) is 0 Å². The maximum Gasteiger partial charge on any atom is 0.272 e. The normalized spacial score (nSPS) is 20.4. The predicted molar refractivity (Wildman–Crippen MR) is 79.1 cm³/mol. The van der Waals surface area contributed by atoms with Crippen LogP contribution in [0.4, 0.5) is 5.69 Å². The minimum atomic E-state index is 0.0763. The molecule has 1 aromatic rings. The summed E-state index contributed by atoms with van der Waals surface area (Å²) in [6.07, 6.45) is 4.07. The predicted octanol–water partition coefficient (Wildman–Crippen LogP) is 1.07. The summed E-state index contributed by atoms with van der Waals surface area (Å²) in [6, 6.07) is 3.90. The molecule has 20 heavy (non-hydrogen) atoms. The molecule has 3 heterocycles. The molecular formula is C15H22N4O. The topological polar surface area (TPSA) is 39.7 Å². The van der Waals surface area contributed by atoms with Gasteiger partial charge in [0, 0.05) is 39.3 Å². The molecule has 0 N–H and O–H groups in total. The number of aromatic nitrogens is 1. The van der Waals surface area contributed by atoms with Gasteiger partial charge in [-0.05, 0) is 32.0 Å². The average Bonchev–Trinajstić information content (AvgIpc) is 3.02. The van der Waals surface area contributed by atoms with E-state index in [0.29, 0.717) is 5.69 Å². The van der Waals surface area contributed by atoms with Gasteiger partial charge in [-0.1, -0.05) is 0 Å². The van der Waals surface area contributed by atoms with Crippen LogP contribution in [-0.2, 0) is 0 Å². The van der Waals surface area contributed by atoms with Crippen LogP contribution < -0.4 is 4.90 Å². The molecule has 0 aromatic carbocycles. The number of rotatable bonds is 2. The molecule has 1 amide bonds. The standard InChI is InChI=1S/C15H22N4O/c1-17-8-10-18(11-9-17)13-4-5-14(16-12-13)15(20)19-6-2-3-7-19/h4-5,12H,2-3,6-11H2,1H3. The van der Waals surface area contributed by atoms with E-state index in [-0.39, 0.29) is 5.91 Å². The molecule has 3 rings (SSSR count). The van der Waals surface area contributed by atoms with E-state index in [0.717, 1.165) is 57.8 Å². The van der Waals surface area contributed by atoms with Crippen molar-refractivity contribution >= 4 is 11.6 Å². The van der Waals surface area contributed by atoms with Gasteiger partial charge in [-0.25, -0.2) is 4.98 Å². The number of anilines is 1. The van der Waals surface area contributed by atoms with Crippen molar-refractivity contribution in [2.45, 2.75) is 12.8 Å². The Morgan fingerprint density at radius 2 is 1.75 bits per heavy atom. The number of carbonyl (C=O) groups excluding carboxylic acids is 1. The van der Waals surface area contributed by atoms with Crippen molar-refractivity contribution in [2.75, 3.05) is 51.2 Å². The third-order valence-electron chi connectivity index (χ3n) is 4.23. The molecule has 0 radical (unpaired) electrons. The average molecular weight is 274 g/mol. The number of carbonyl (C=O) groups is 1. The van der Waals surface area contributed by atoms with Gasteiger partial charge in [0.2, 0.25) is 0 Å². The third-order valence-corrected chi connectivity index (χ3v) is 4.23. The lowest BCUT2D eigenvalue weighted by Crippen LogP contribution is -2.44. The number of piperazine rings is 1. The largest absolute Gasteiger partial charge is 0.368 e. The zero-order valence-corrected chi connectivity index (χ0v) is 12.1. The van der Waals surface area contributed by atoms with E-state index in [1.54, 1.807) is 0 Å². The number of hydrogen-bond acceptors (Lipinski definition) is 4. The molecule has 0 atom stereocenters. The van der Waals surface area contributed by atoms with Crippen LogP contribution in [0.1, 0.15) is 23.3 Å². The Morgan fingerprint density at radius 1 is 1.05 bits per heavy atom. The van der Waals surface area contributed by atoms with Crippen LogP contribution in [0.25, 0.3) is 0 Å². The summed E-state index contributed by atoms with van der Waals surface area (Å²) in [6.45, 7) is 5.96. The summed E-state index contributed by atoms with van der Waals surface area (Å²) < 4.78 is 0. The molecule has 2 aliphatic heterocycles. The molecule has 0 unspecified atom stereocenters. The summed E-state index contributed by atoms with van der Waals surface area (Å²) in [4.78, 5) is 23.2. The van der Waals surface area contributed by atoms with Crippen LogP contribution in [-0.4, -0.2) is 67.0 Å². The smallest absolute Gasteiger partial charge is 0.272 e. The summed E-state index contributed by atoms with van der Waals surface area (Å²) in [7, 11) is 2.15. The van der Waals surface area contributed by atoms with Crippen LogP contribution >= 0.6 is 0 Å². The minimum Gasteiger partial charge on any atom is -0.368 e. The van der Waals surface area contributed by atoms with Crippen molar-refractivity contribution in [3.8, 4) is 0 Å². The number of nitrogens with zero attached hydrogens (tertiary/aromatic N) is 4. The molecule has 1 aromatic heterocycles. The van der Waals surface area contributed by atoms with E-state index in [4.69, 9.17) is 0 Å². The van der Waals surface area contributed by atoms with Crippen LogP contribution in [0.15, 0.2) is 18.3 Å². The fraction of sp³-hybridized carbons (Fsp3) is 0.600. The first-order valence-electron chi connectivity index (χ1n) is 7.43. The van der Waals surface area contributed by atoms with Crippen LogP contribution in [0.2, 0.25) is 0 Å². The maximum atomic E-state index is 12.2. The summed E-state index contributed by atoms with van der Waals surface area (Å²) in [5.74, 6) is 0.0763. The molecule has 2 aliphatic rings. The Kier molecular flexibility index (Phi) is 3.87. The van der Waals surface area contributed by atoms with Gasteiger partial charge < -0.3 is 14.7 Å². The number of likely N-dealkylation sites (N-methyl/N-ethyl adjacent to an activating group) is 1. The van der Waals surface area contributed by atoms with E-state index in [9.17, 15) is 4.79 Å². The first kappa shape index (κ1) is 13.4. The second-order valence-electron chi connectivity index (χ2n) is 5.69. The first-order valence-corrected chi connectivity index (χ1v) is 7.43.